The Hall–Kier alpha value is -10.2. The number of H-pyrrole nitrogens is 2. The second kappa shape index (κ2) is 21.8. The molecule has 0 saturated carbocycles. The topological polar surface area (TPSA) is 83.1 Å². The van der Waals surface area contributed by atoms with E-state index in [4.69, 9.17) is 0 Å². The van der Waals surface area contributed by atoms with Crippen LogP contribution in [-0.2, 0) is 0 Å². The number of halogens is 20. The summed E-state index contributed by atoms with van der Waals surface area (Å²) < 4.78 is 313. The molecule has 5 aromatic heterocycles. The van der Waals surface area contributed by atoms with E-state index in [0.717, 1.165) is 95.5 Å². The van der Waals surface area contributed by atoms with Gasteiger partial charge in [-0.15, -0.1) is 0 Å². The monoisotopic (exact) mass is 1290 g/mol. The molecule has 0 fully saturated rings. The summed E-state index contributed by atoms with van der Waals surface area (Å²) in [5, 5.41) is 5.83. The molecule has 28 heteroatoms. The number of nitrogens with one attached hydrogen (secondary N) is 2. The van der Waals surface area contributed by atoms with Crippen LogP contribution in [0.3, 0.4) is 0 Å². The Bertz CT molecular complexity index is 4480. The Labute approximate surface area is 495 Å². The molecule has 90 heavy (non-hydrogen) atoms. The first-order chi connectivity index (χ1) is 43.0. The molecule has 0 aliphatic carbocycles. The lowest BCUT2D eigenvalue weighted by atomic mass is 10.0. The van der Waals surface area contributed by atoms with Crippen molar-refractivity contribution in [3.05, 3.63) is 220 Å². The number of rotatable bonds is 6. The molecule has 9 aromatic rings. The van der Waals surface area contributed by atoms with Gasteiger partial charge in [0.15, 0.2) is 93.1 Å². The molecule has 0 radical (unpaired) electrons. The Morgan fingerprint density at radius 3 is 0.567 bits per heavy atom. The van der Waals surface area contributed by atoms with Gasteiger partial charge >= 0.3 is 0 Å². The summed E-state index contributed by atoms with van der Waals surface area (Å²) in [7, 11) is 0. The molecule has 0 amide bonds. The maximum absolute atomic E-state index is 16.4. The Morgan fingerprint density at radius 1 is 0.211 bits per heavy atom. The van der Waals surface area contributed by atoms with Crippen LogP contribution in [0, 0.1) is 116 Å². The van der Waals surface area contributed by atoms with E-state index in [1.807, 2.05) is 0 Å². The Morgan fingerprint density at radius 2 is 0.389 bits per heavy atom. The molecule has 6 nitrogen and oxygen atoms in total. The van der Waals surface area contributed by atoms with Gasteiger partial charge in [0.25, 0.3) is 0 Å². The van der Waals surface area contributed by atoms with Gasteiger partial charge in [-0.25, -0.2) is 108 Å². The zero-order valence-electron chi connectivity index (χ0n) is 43.6. The molecule has 0 spiro atoms. The Kier molecular flexibility index (Phi) is 14.3. The van der Waals surface area contributed by atoms with Gasteiger partial charge in [-0.1, -0.05) is 0 Å². The maximum atomic E-state index is 16.4. The summed E-state index contributed by atoms with van der Waals surface area (Å²) in [5.74, 6) is -50.3. The SMILES string of the molecule is Fc1c(F)c(F)c(-c2c3nc(c(-c4ccsc4)c4nc(c(-c5c(F)c(F)c(F)c(F)c5F)c5ccc([nH]5)c(-c5c(F)c(F)c(F)c(F)c5F)c5nc(c(-c6ccsc6)c6nc(c(-c7c(F)c(F)c(F)c(F)c7F)c7ccc2[nH]7)C=C6)C=C5)C=C4)C=C3)c(F)c1F. The molecule has 13 rings (SSSR count). The van der Waals surface area contributed by atoms with Gasteiger partial charge in [0.1, 0.15) is 0 Å². The molecule has 0 atom stereocenters. The number of benzene rings is 4. The third-order valence-electron chi connectivity index (χ3n) is 14.5. The van der Waals surface area contributed by atoms with E-state index >= 15 is 70.2 Å². The van der Waals surface area contributed by atoms with E-state index in [9.17, 15) is 17.6 Å². The summed E-state index contributed by atoms with van der Waals surface area (Å²) >= 11 is 2.03. The van der Waals surface area contributed by atoms with Crippen LogP contribution in [0.1, 0.15) is 45.6 Å². The number of hydrogen-bond donors (Lipinski definition) is 2. The van der Waals surface area contributed by atoms with Crippen molar-refractivity contribution in [2.75, 3.05) is 0 Å². The van der Waals surface area contributed by atoms with E-state index in [1.165, 1.54) is 33.7 Å². The van der Waals surface area contributed by atoms with Gasteiger partial charge < -0.3 is 9.97 Å². The predicted molar refractivity (Wildman–Crippen MR) is 295 cm³/mol. The molecular formula is C62H20F20N6S2. The lowest BCUT2D eigenvalue weighted by Crippen LogP contribution is -2.05. The number of fused-ring (bicyclic) bond motifs is 12. The summed E-state index contributed by atoms with van der Waals surface area (Å²) in [6.07, 6.45) is 8.17. The van der Waals surface area contributed by atoms with E-state index < -0.39 is 206 Å². The van der Waals surface area contributed by atoms with Gasteiger partial charge in [0, 0.05) is 55.4 Å². The lowest BCUT2D eigenvalue weighted by Gasteiger charge is -2.11. The van der Waals surface area contributed by atoms with Crippen molar-refractivity contribution in [1.82, 2.24) is 29.9 Å². The number of thiophene rings is 2. The fraction of sp³-hybridized carbons (Fsp3) is 0. The highest BCUT2D eigenvalue weighted by Crippen LogP contribution is 2.46. The average molecular weight is 1290 g/mol. The van der Waals surface area contributed by atoms with E-state index in [-0.39, 0.29) is 45.0 Å². The zero-order chi connectivity index (χ0) is 63.8. The number of aromatic amines is 2. The maximum Gasteiger partial charge on any atom is 0.200 e. The van der Waals surface area contributed by atoms with E-state index in [2.05, 4.69) is 29.9 Å². The molecule has 12 bridgehead atoms. The largest absolute Gasteiger partial charge is 0.354 e. The van der Waals surface area contributed by atoms with Crippen molar-refractivity contribution >= 4 is 93.3 Å². The first kappa shape index (κ1) is 58.8. The first-order valence-corrected chi connectivity index (χ1v) is 27.2. The minimum absolute atomic E-state index is 0.127. The van der Waals surface area contributed by atoms with Crippen LogP contribution < -0.4 is 0 Å². The van der Waals surface area contributed by atoms with Crippen molar-refractivity contribution < 1.29 is 87.8 Å². The molecule has 450 valence electrons. The van der Waals surface area contributed by atoms with Gasteiger partial charge in [-0.2, -0.15) is 22.7 Å². The van der Waals surface area contributed by atoms with Gasteiger partial charge in [0.05, 0.1) is 67.8 Å². The van der Waals surface area contributed by atoms with Crippen molar-refractivity contribution in [1.29, 1.82) is 0 Å². The van der Waals surface area contributed by atoms with Crippen LogP contribution in [0.25, 0.3) is 137 Å². The fourth-order valence-electron chi connectivity index (χ4n) is 10.5. The summed E-state index contributed by atoms with van der Waals surface area (Å²) in [5.41, 5.74) is -18.1. The molecule has 4 aliphatic rings. The van der Waals surface area contributed by atoms with Crippen LogP contribution in [0.2, 0.25) is 0 Å². The first-order valence-electron chi connectivity index (χ1n) is 25.3. The minimum Gasteiger partial charge on any atom is -0.354 e. The molecule has 4 aliphatic heterocycles. The van der Waals surface area contributed by atoms with Crippen molar-refractivity contribution in [3.63, 3.8) is 0 Å². The second-order valence-electron chi connectivity index (χ2n) is 19.5. The van der Waals surface area contributed by atoms with Crippen LogP contribution in [0.4, 0.5) is 87.8 Å². The fourth-order valence-corrected chi connectivity index (χ4v) is 11.8. The number of hydrogen-bond acceptors (Lipinski definition) is 6. The normalized spacial score (nSPS) is 12.5. The van der Waals surface area contributed by atoms with Crippen LogP contribution >= 0.6 is 22.7 Å². The highest BCUT2D eigenvalue weighted by Gasteiger charge is 2.35. The van der Waals surface area contributed by atoms with Gasteiger partial charge in [-0.05, 0) is 118 Å². The zero-order valence-corrected chi connectivity index (χ0v) is 45.2. The molecule has 4 aromatic carbocycles. The summed E-state index contributed by atoms with van der Waals surface area (Å²) in [4.78, 5) is 22.9. The smallest absolute Gasteiger partial charge is 0.200 e. The van der Waals surface area contributed by atoms with E-state index in [0.29, 0.717) is 0 Å². The molecular weight excluding hydrogens is 1270 g/mol. The summed E-state index contributed by atoms with van der Waals surface area (Å²) in [6, 6.07) is 6.17. The predicted octanol–water partition coefficient (Wildman–Crippen LogP) is 19.6. The highest BCUT2D eigenvalue weighted by molar-refractivity contribution is 7.08. The van der Waals surface area contributed by atoms with Crippen LogP contribution in [0.5, 0.6) is 0 Å². The third kappa shape index (κ3) is 8.99. The molecule has 2 N–H and O–H groups in total. The third-order valence-corrected chi connectivity index (χ3v) is 15.9. The van der Waals surface area contributed by atoms with E-state index in [1.54, 1.807) is 0 Å². The van der Waals surface area contributed by atoms with Crippen LogP contribution in [-0.4, -0.2) is 29.9 Å². The Balaban J connectivity index is 1.28. The molecule has 9 heterocycles. The van der Waals surface area contributed by atoms with Crippen LogP contribution in [0.15, 0.2) is 57.9 Å². The lowest BCUT2D eigenvalue weighted by molar-refractivity contribution is 0.381. The second-order valence-corrected chi connectivity index (χ2v) is 21.0. The van der Waals surface area contributed by atoms with Crippen molar-refractivity contribution in [3.8, 4) is 66.8 Å². The standard InChI is InChI=1S/C62H20F20N6S2/c63-43-39(44(64)52(72)59(79)51(43)71)35-25-5-1-21(83-25)33(19-13-15-89-17-19)22-2-6-26(84-22)36(40-45(65)53(73)60(80)54(74)46(40)66)31-11-12-32(88-31)38(42-49(69)57(77)62(82)58(78)50(42)70)28-8-4-24(86-28)34(20-14-16-90-18-20)23-3-7-27(85-23)37(30-10-9-29(35)87-30)41-47(67)55(75)61(81)56(76)48(41)68/h1-18,87-88H. The van der Waals surface area contributed by atoms with Crippen molar-refractivity contribution in [2.45, 2.75) is 0 Å². The van der Waals surface area contributed by atoms with Gasteiger partial charge in [-0.3, -0.25) is 0 Å². The molecule has 0 saturated heterocycles. The quantitative estimate of drug-likeness (QED) is 0.0987. The van der Waals surface area contributed by atoms with Crippen molar-refractivity contribution in [2.24, 2.45) is 0 Å². The molecule has 0 unspecified atom stereocenters. The average Bonchev–Trinajstić information content (AvgIpc) is 1.45. The van der Waals surface area contributed by atoms with Gasteiger partial charge in [0.2, 0.25) is 23.3 Å². The summed E-state index contributed by atoms with van der Waals surface area (Å²) in [6.45, 7) is 0. The minimum atomic E-state index is -2.63. The highest BCUT2D eigenvalue weighted by atomic mass is 32.1. The number of nitrogens with zero attached hydrogens (tertiary/aromatic N) is 4. The number of aromatic nitrogens is 6.